The number of benzene rings is 3. The van der Waals surface area contributed by atoms with Gasteiger partial charge in [0.1, 0.15) is 30.5 Å². The fourth-order valence-electron chi connectivity index (χ4n) is 4.36. The van der Waals surface area contributed by atoms with Crippen LogP contribution in [0.4, 0.5) is 0 Å². The van der Waals surface area contributed by atoms with Gasteiger partial charge in [-0.3, -0.25) is 0 Å². The van der Waals surface area contributed by atoms with E-state index < -0.39 is 5.97 Å². The second-order valence-corrected chi connectivity index (χ2v) is 8.97. The number of aryl methyl sites for hydroxylation is 1. The zero-order chi connectivity index (χ0) is 27.6. The summed E-state index contributed by atoms with van der Waals surface area (Å²) in [5.41, 5.74) is 5.18. The summed E-state index contributed by atoms with van der Waals surface area (Å²) in [6.45, 7) is 4.50. The lowest BCUT2D eigenvalue weighted by Crippen LogP contribution is -2.14. The first-order valence-corrected chi connectivity index (χ1v) is 12.7. The molecule has 206 valence electrons. The predicted molar refractivity (Wildman–Crippen MR) is 147 cm³/mol. The fourth-order valence-corrected chi connectivity index (χ4v) is 4.36. The standard InChI is InChI=1S/C30H33NO8/c1-21-27-18-25(33)8-11-28(27)31(30(21)23-4-6-24(32)7-5-23)19-22-2-9-26(10-3-22)39-17-16-37-13-12-36-14-15-38-20-29(34)35/h2-11,18,32-33H,12-17,19-20H2,1H3,(H,34,35). The minimum Gasteiger partial charge on any atom is -0.508 e. The number of aliphatic carboxylic acids is 1. The number of nitrogens with zero attached hydrogens (tertiary/aromatic N) is 1. The lowest BCUT2D eigenvalue weighted by atomic mass is 10.1. The lowest BCUT2D eigenvalue weighted by Gasteiger charge is -2.13. The number of phenols is 2. The highest BCUT2D eigenvalue weighted by molar-refractivity contribution is 5.92. The average molecular weight is 536 g/mol. The van der Waals surface area contributed by atoms with E-state index in [0.29, 0.717) is 39.6 Å². The second-order valence-electron chi connectivity index (χ2n) is 8.97. The van der Waals surface area contributed by atoms with Gasteiger partial charge < -0.3 is 38.8 Å². The molecule has 9 heteroatoms. The molecular weight excluding hydrogens is 502 g/mol. The van der Waals surface area contributed by atoms with E-state index in [-0.39, 0.29) is 24.7 Å². The molecule has 0 radical (unpaired) electrons. The first-order valence-electron chi connectivity index (χ1n) is 12.7. The molecule has 39 heavy (non-hydrogen) atoms. The van der Waals surface area contributed by atoms with E-state index in [9.17, 15) is 15.0 Å². The monoisotopic (exact) mass is 535 g/mol. The summed E-state index contributed by atoms with van der Waals surface area (Å²) in [6, 6.07) is 20.5. The maximum Gasteiger partial charge on any atom is 0.329 e. The van der Waals surface area contributed by atoms with Crippen molar-refractivity contribution in [2.75, 3.05) is 46.2 Å². The van der Waals surface area contributed by atoms with Crippen LogP contribution in [0.2, 0.25) is 0 Å². The number of carboxylic acid groups (broad SMARTS) is 1. The Morgan fingerprint density at radius 1 is 0.769 bits per heavy atom. The number of hydrogen-bond acceptors (Lipinski definition) is 7. The third kappa shape index (κ3) is 7.73. The minimum absolute atomic E-state index is 0.214. The molecule has 3 aromatic carbocycles. The molecule has 0 atom stereocenters. The van der Waals surface area contributed by atoms with Gasteiger partial charge in [0.05, 0.1) is 38.7 Å². The largest absolute Gasteiger partial charge is 0.508 e. The van der Waals surface area contributed by atoms with E-state index in [0.717, 1.165) is 39.0 Å². The molecule has 0 unspecified atom stereocenters. The maximum atomic E-state index is 10.3. The maximum absolute atomic E-state index is 10.3. The van der Waals surface area contributed by atoms with Crippen molar-refractivity contribution >= 4 is 16.9 Å². The van der Waals surface area contributed by atoms with Crippen LogP contribution in [0.25, 0.3) is 22.2 Å². The first kappa shape index (κ1) is 28.0. The number of hydrogen-bond donors (Lipinski definition) is 3. The van der Waals surface area contributed by atoms with E-state index in [1.807, 2.05) is 49.4 Å². The van der Waals surface area contributed by atoms with Gasteiger partial charge in [-0.15, -0.1) is 0 Å². The second kappa shape index (κ2) is 13.7. The zero-order valence-electron chi connectivity index (χ0n) is 21.8. The summed E-state index contributed by atoms with van der Waals surface area (Å²) in [7, 11) is 0. The summed E-state index contributed by atoms with van der Waals surface area (Å²) in [5, 5.41) is 29.3. The van der Waals surface area contributed by atoms with Gasteiger partial charge in [-0.1, -0.05) is 12.1 Å². The van der Waals surface area contributed by atoms with Crippen molar-refractivity contribution in [3.05, 3.63) is 77.9 Å². The number of carboxylic acids is 1. The van der Waals surface area contributed by atoms with Crippen LogP contribution in [0.15, 0.2) is 66.7 Å². The number of aromatic hydroxyl groups is 2. The van der Waals surface area contributed by atoms with Gasteiger partial charge in [-0.05, 0) is 78.2 Å². The Hall–Kier alpha value is -4.05. The molecule has 0 aliphatic rings. The van der Waals surface area contributed by atoms with Gasteiger partial charge in [0.25, 0.3) is 0 Å². The van der Waals surface area contributed by atoms with Crippen LogP contribution in [0.3, 0.4) is 0 Å². The molecule has 0 saturated heterocycles. The van der Waals surface area contributed by atoms with Crippen molar-refractivity contribution in [3.63, 3.8) is 0 Å². The van der Waals surface area contributed by atoms with E-state index >= 15 is 0 Å². The number of carbonyl (C=O) groups is 1. The fraction of sp³-hybridized carbons (Fsp3) is 0.300. The molecule has 0 aliphatic heterocycles. The van der Waals surface area contributed by atoms with Crippen molar-refractivity contribution < 1.29 is 39.1 Å². The van der Waals surface area contributed by atoms with E-state index in [1.165, 1.54) is 0 Å². The smallest absolute Gasteiger partial charge is 0.329 e. The SMILES string of the molecule is Cc1c(-c2ccc(O)cc2)n(Cc2ccc(OCCOCCOCCOCC(=O)O)cc2)c2ccc(O)cc12. The first-order chi connectivity index (χ1) is 18.9. The Bertz CT molecular complexity index is 1360. The molecule has 1 aromatic heterocycles. The van der Waals surface area contributed by atoms with Crippen LogP contribution in [-0.2, 0) is 25.5 Å². The summed E-state index contributed by atoms with van der Waals surface area (Å²) < 4.78 is 23.7. The molecule has 0 saturated carbocycles. The average Bonchev–Trinajstić information content (AvgIpc) is 3.18. The van der Waals surface area contributed by atoms with E-state index in [1.54, 1.807) is 24.3 Å². The van der Waals surface area contributed by atoms with Crippen LogP contribution in [0, 0.1) is 6.92 Å². The zero-order valence-corrected chi connectivity index (χ0v) is 21.8. The molecule has 0 fully saturated rings. The number of ether oxygens (including phenoxy) is 4. The molecule has 4 rings (SSSR count). The summed E-state index contributed by atoms with van der Waals surface area (Å²) in [6.07, 6.45) is 0. The molecule has 3 N–H and O–H groups in total. The molecule has 9 nitrogen and oxygen atoms in total. The molecule has 4 aromatic rings. The van der Waals surface area contributed by atoms with Crippen molar-refractivity contribution in [1.82, 2.24) is 4.57 Å². The molecule has 1 heterocycles. The van der Waals surface area contributed by atoms with E-state index in [2.05, 4.69) is 4.57 Å². The van der Waals surface area contributed by atoms with Crippen molar-refractivity contribution in [1.29, 1.82) is 0 Å². The highest BCUT2D eigenvalue weighted by Crippen LogP contribution is 2.36. The van der Waals surface area contributed by atoms with Gasteiger partial charge in [0, 0.05) is 17.4 Å². The Labute approximate surface area is 226 Å². The third-order valence-electron chi connectivity index (χ3n) is 6.17. The Kier molecular flexibility index (Phi) is 9.80. The van der Waals surface area contributed by atoms with Gasteiger partial charge >= 0.3 is 5.97 Å². The quantitative estimate of drug-likeness (QED) is 0.189. The number of rotatable bonds is 15. The Morgan fingerprint density at radius 2 is 1.38 bits per heavy atom. The minimum atomic E-state index is -1.00. The van der Waals surface area contributed by atoms with Crippen LogP contribution in [0.1, 0.15) is 11.1 Å². The highest BCUT2D eigenvalue weighted by atomic mass is 16.6. The predicted octanol–water partition coefficient (Wildman–Crippen LogP) is 4.59. The van der Waals surface area contributed by atoms with Crippen molar-refractivity contribution in [2.24, 2.45) is 0 Å². The number of aromatic nitrogens is 1. The molecule has 0 bridgehead atoms. The van der Waals surface area contributed by atoms with Crippen molar-refractivity contribution in [2.45, 2.75) is 13.5 Å². The highest BCUT2D eigenvalue weighted by Gasteiger charge is 2.17. The Morgan fingerprint density at radius 3 is 2.05 bits per heavy atom. The summed E-state index contributed by atoms with van der Waals surface area (Å²) in [5.74, 6) is 0.178. The van der Waals surface area contributed by atoms with Gasteiger partial charge in [-0.25, -0.2) is 4.79 Å². The Balaban J connectivity index is 1.30. The van der Waals surface area contributed by atoms with E-state index in [4.69, 9.17) is 24.1 Å². The van der Waals surface area contributed by atoms with Gasteiger partial charge in [-0.2, -0.15) is 0 Å². The van der Waals surface area contributed by atoms with Gasteiger partial charge in [0.15, 0.2) is 0 Å². The van der Waals surface area contributed by atoms with Crippen LogP contribution in [0.5, 0.6) is 17.2 Å². The molecular formula is C30H33NO8. The van der Waals surface area contributed by atoms with Crippen molar-refractivity contribution in [3.8, 4) is 28.5 Å². The molecule has 0 aliphatic carbocycles. The topological polar surface area (TPSA) is 120 Å². The normalized spacial score (nSPS) is 11.2. The number of fused-ring (bicyclic) bond motifs is 1. The molecule has 0 amide bonds. The van der Waals surface area contributed by atoms with Crippen LogP contribution < -0.4 is 4.74 Å². The molecule has 0 spiro atoms. The van der Waals surface area contributed by atoms with Gasteiger partial charge in [0.2, 0.25) is 0 Å². The lowest BCUT2D eigenvalue weighted by molar-refractivity contribution is -0.142. The van der Waals surface area contributed by atoms with Crippen LogP contribution in [-0.4, -0.2) is 72.1 Å². The summed E-state index contributed by atoms with van der Waals surface area (Å²) in [4.78, 5) is 10.3. The number of phenolic OH excluding ortho intramolecular Hbond substituents is 2. The van der Waals surface area contributed by atoms with Crippen LogP contribution >= 0.6 is 0 Å². The third-order valence-corrected chi connectivity index (χ3v) is 6.17. The summed E-state index contributed by atoms with van der Waals surface area (Å²) >= 11 is 0.